The van der Waals surface area contributed by atoms with Gasteiger partial charge in [0.2, 0.25) is 0 Å². The second-order valence-electron chi connectivity index (χ2n) is 2.67. The first-order valence-corrected chi connectivity index (χ1v) is 5.54. The minimum Gasteiger partial charge on any atom is -0.387 e. The first-order valence-electron chi connectivity index (χ1n) is 3.82. The van der Waals surface area contributed by atoms with Crippen molar-refractivity contribution in [3.8, 4) is 0 Å². The summed E-state index contributed by atoms with van der Waals surface area (Å²) in [5.74, 6) is 0. The molecule has 5 heteroatoms. The summed E-state index contributed by atoms with van der Waals surface area (Å²) in [4.78, 5) is 0.825. The lowest BCUT2D eigenvalue weighted by Gasteiger charge is -2.04. The van der Waals surface area contributed by atoms with Crippen LogP contribution in [0.3, 0.4) is 0 Å². The van der Waals surface area contributed by atoms with Crippen molar-refractivity contribution < 1.29 is 5.11 Å². The molecule has 1 unspecified atom stereocenters. The van der Waals surface area contributed by atoms with Crippen LogP contribution in [0.4, 0.5) is 0 Å². The van der Waals surface area contributed by atoms with Gasteiger partial charge in [0.1, 0.15) is 0 Å². The molecule has 2 aromatic rings. The topological polar surface area (TPSA) is 46.0 Å². The molecule has 2 rings (SSSR count). The highest BCUT2D eigenvalue weighted by Crippen LogP contribution is 2.20. The highest BCUT2D eigenvalue weighted by Gasteiger charge is 2.10. The maximum absolute atomic E-state index is 9.72. The van der Waals surface area contributed by atoms with E-state index in [1.807, 2.05) is 16.8 Å². The number of hydrogen-bond acceptors (Lipinski definition) is 5. The van der Waals surface area contributed by atoms with Gasteiger partial charge in [0.05, 0.1) is 17.2 Å². The summed E-state index contributed by atoms with van der Waals surface area (Å²) in [6.07, 6.45) is 1.80. The Labute approximate surface area is 83.8 Å². The Balaban J connectivity index is 2.04. The molecule has 68 valence electrons. The standard InChI is InChI=1S/C8H8N2OS2/c11-7(8-4-9-10-13-8)3-6-1-2-12-5-6/h1-2,4-5,7,11H,3H2. The Hall–Kier alpha value is -0.780. The molecule has 1 atom stereocenters. The predicted octanol–water partition coefficient (Wildman–Crippen LogP) is 1.88. The van der Waals surface area contributed by atoms with E-state index in [0.717, 1.165) is 10.4 Å². The van der Waals surface area contributed by atoms with Crippen molar-refractivity contribution in [2.45, 2.75) is 12.5 Å². The molecular formula is C8H8N2OS2. The van der Waals surface area contributed by atoms with Gasteiger partial charge in [0.25, 0.3) is 0 Å². The highest BCUT2D eigenvalue weighted by atomic mass is 32.1. The first-order chi connectivity index (χ1) is 6.36. The number of hydrogen-bond donors (Lipinski definition) is 1. The number of nitrogens with zero attached hydrogens (tertiary/aromatic N) is 2. The van der Waals surface area contributed by atoms with Crippen LogP contribution in [0.2, 0.25) is 0 Å². The Morgan fingerprint density at radius 2 is 2.46 bits per heavy atom. The minimum absolute atomic E-state index is 0.463. The number of rotatable bonds is 3. The Bertz CT molecular complexity index is 344. The third-order valence-corrected chi connectivity index (χ3v) is 3.21. The lowest BCUT2D eigenvalue weighted by Crippen LogP contribution is -1.97. The van der Waals surface area contributed by atoms with Crippen molar-refractivity contribution in [1.29, 1.82) is 0 Å². The van der Waals surface area contributed by atoms with Gasteiger partial charge in [-0.05, 0) is 33.9 Å². The molecule has 0 radical (unpaired) electrons. The van der Waals surface area contributed by atoms with E-state index in [4.69, 9.17) is 0 Å². The van der Waals surface area contributed by atoms with Gasteiger partial charge in [0, 0.05) is 6.42 Å². The molecule has 0 spiro atoms. The van der Waals surface area contributed by atoms with Gasteiger partial charge < -0.3 is 5.11 Å². The van der Waals surface area contributed by atoms with Crippen LogP contribution in [0.15, 0.2) is 23.0 Å². The molecule has 0 fully saturated rings. The number of thiophene rings is 1. The van der Waals surface area contributed by atoms with Crippen molar-refractivity contribution >= 4 is 22.9 Å². The molecule has 1 N–H and O–H groups in total. The molecule has 0 aliphatic heterocycles. The van der Waals surface area contributed by atoms with Gasteiger partial charge in [0.15, 0.2) is 0 Å². The van der Waals surface area contributed by atoms with Crippen molar-refractivity contribution in [3.63, 3.8) is 0 Å². The minimum atomic E-state index is -0.463. The summed E-state index contributed by atoms with van der Waals surface area (Å²) in [5, 5.41) is 17.4. The molecule has 2 aromatic heterocycles. The van der Waals surface area contributed by atoms with Crippen molar-refractivity contribution in [3.05, 3.63) is 33.5 Å². The summed E-state index contributed by atoms with van der Waals surface area (Å²) in [6.45, 7) is 0. The van der Waals surface area contributed by atoms with E-state index < -0.39 is 6.10 Å². The zero-order valence-corrected chi connectivity index (χ0v) is 8.38. The molecule has 0 aliphatic carbocycles. The zero-order valence-electron chi connectivity index (χ0n) is 6.75. The number of aliphatic hydroxyl groups is 1. The van der Waals surface area contributed by atoms with Crippen LogP contribution in [-0.4, -0.2) is 14.7 Å². The normalized spacial score (nSPS) is 13.0. The molecule has 3 nitrogen and oxygen atoms in total. The lowest BCUT2D eigenvalue weighted by atomic mass is 10.1. The zero-order chi connectivity index (χ0) is 9.10. The molecular weight excluding hydrogens is 204 g/mol. The fourth-order valence-electron chi connectivity index (χ4n) is 1.05. The van der Waals surface area contributed by atoms with E-state index in [1.165, 1.54) is 11.5 Å². The lowest BCUT2D eigenvalue weighted by molar-refractivity contribution is 0.182. The van der Waals surface area contributed by atoms with Crippen LogP contribution in [-0.2, 0) is 6.42 Å². The maximum atomic E-state index is 9.72. The van der Waals surface area contributed by atoms with Gasteiger partial charge >= 0.3 is 0 Å². The largest absolute Gasteiger partial charge is 0.387 e. The predicted molar refractivity (Wildman–Crippen MR) is 52.9 cm³/mol. The summed E-state index contributed by atoms with van der Waals surface area (Å²) >= 11 is 2.89. The fourth-order valence-corrected chi connectivity index (χ4v) is 2.22. The van der Waals surface area contributed by atoms with Crippen LogP contribution >= 0.6 is 22.9 Å². The van der Waals surface area contributed by atoms with E-state index in [2.05, 4.69) is 9.59 Å². The van der Waals surface area contributed by atoms with Crippen LogP contribution in [0.1, 0.15) is 16.5 Å². The summed E-state index contributed by atoms with van der Waals surface area (Å²) in [5.41, 5.74) is 1.16. The number of aliphatic hydroxyl groups excluding tert-OH is 1. The number of aromatic nitrogens is 2. The van der Waals surface area contributed by atoms with Crippen LogP contribution in [0.5, 0.6) is 0 Å². The molecule has 2 heterocycles. The first kappa shape index (κ1) is 8.80. The SMILES string of the molecule is OC(Cc1ccsc1)c1cnns1. The second kappa shape index (κ2) is 3.95. The van der Waals surface area contributed by atoms with E-state index in [1.54, 1.807) is 17.5 Å². The Morgan fingerprint density at radius 1 is 1.54 bits per heavy atom. The molecule has 0 aromatic carbocycles. The van der Waals surface area contributed by atoms with Crippen LogP contribution in [0.25, 0.3) is 0 Å². The summed E-state index contributed by atoms with van der Waals surface area (Å²) < 4.78 is 3.71. The molecule has 0 saturated carbocycles. The third kappa shape index (κ3) is 2.12. The van der Waals surface area contributed by atoms with Crippen molar-refractivity contribution in [2.75, 3.05) is 0 Å². The monoisotopic (exact) mass is 212 g/mol. The summed E-state index contributed by atoms with van der Waals surface area (Å²) in [6, 6.07) is 2.02. The molecule has 0 bridgehead atoms. The van der Waals surface area contributed by atoms with Crippen molar-refractivity contribution in [1.82, 2.24) is 9.59 Å². The van der Waals surface area contributed by atoms with Gasteiger partial charge in [-0.15, -0.1) is 5.10 Å². The van der Waals surface area contributed by atoms with E-state index in [9.17, 15) is 5.11 Å². The van der Waals surface area contributed by atoms with Crippen LogP contribution < -0.4 is 0 Å². The molecule has 0 aliphatic rings. The van der Waals surface area contributed by atoms with Gasteiger partial charge in [-0.25, -0.2) is 0 Å². The fraction of sp³-hybridized carbons (Fsp3) is 0.250. The molecule has 0 amide bonds. The highest BCUT2D eigenvalue weighted by molar-refractivity contribution is 7.08. The Morgan fingerprint density at radius 3 is 3.08 bits per heavy atom. The van der Waals surface area contributed by atoms with Gasteiger partial charge in [-0.1, -0.05) is 4.49 Å². The maximum Gasteiger partial charge on any atom is 0.0954 e. The average molecular weight is 212 g/mol. The quantitative estimate of drug-likeness (QED) is 0.845. The molecule has 13 heavy (non-hydrogen) atoms. The third-order valence-electron chi connectivity index (χ3n) is 1.72. The molecule has 0 saturated heterocycles. The van der Waals surface area contributed by atoms with Crippen molar-refractivity contribution in [2.24, 2.45) is 0 Å². The second-order valence-corrected chi connectivity index (χ2v) is 4.27. The van der Waals surface area contributed by atoms with Gasteiger partial charge in [-0.3, -0.25) is 0 Å². The average Bonchev–Trinajstić information content (AvgIpc) is 2.74. The summed E-state index contributed by atoms with van der Waals surface area (Å²) in [7, 11) is 0. The van der Waals surface area contributed by atoms with E-state index in [-0.39, 0.29) is 0 Å². The Kier molecular flexibility index (Phi) is 2.68. The van der Waals surface area contributed by atoms with E-state index >= 15 is 0 Å². The van der Waals surface area contributed by atoms with E-state index in [0.29, 0.717) is 6.42 Å². The van der Waals surface area contributed by atoms with Gasteiger partial charge in [-0.2, -0.15) is 11.3 Å². The van der Waals surface area contributed by atoms with Crippen LogP contribution in [0, 0.1) is 0 Å². The smallest absolute Gasteiger partial charge is 0.0954 e.